The largest absolute Gasteiger partial charge is 0.392 e. The summed E-state index contributed by atoms with van der Waals surface area (Å²) in [6, 6.07) is 5.81. The van der Waals surface area contributed by atoms with Gasteiger partial charge >= 0.3 is 11.8 Å². The van der Waals surface area contributed by atoms with Crippen LogP contribution in [0.1, 0.15) is 25.0 Å². The Kier molecular flexibility index (Phi) is 6.11. The van der Waals surface area contributed by atoms with Gasteiger partial charge in [-0.3, -0.25) is 9.59 Å². The van der Waals surface area contributed by atoms with Gasteiger partial charge in [-0.25, -0.2) is 0 Å². The average molecular weight is 293 g/mol. The molecule has 0 atom stereocenters. The number of para-hydroxylation sites is 1. The molecule has 20 heavy (non-hydrogen) atoms. The fourth-order valence-corrected chi connectivity index (χ4v) is 1.89. The minimum Gasteiger partial charge on any atom is -0.392 e. The van der Waals surface area contributed by atoms with Crippen molar-refractivity contribution < 1.29 is 9.59 Å². The lowest BCUT2D eigenvalue weighted by molar-refractivity contribution is -0.135. The van der Waals surface area contributed by atoms with Crippen molar-refractivity contribution in [2.75, 3.05) is 11.9 Å². The molecule has 1 rings (SSSR count). The normalized spacial score (nSPS) is 9.90. The first-order valence-electron chi connectivity index (χ1n) is 6.47. The fraction of sp³-hybridized carbons (Fsp3) is 0.357. The smallest absolute Gasteiger partial charge is 0.313 e. The van der Waals surface area contributed by atoms with E-state index in [-0.39, 0.29) is 11.5 Å². The minimum absolute atomic E-state index is 0.0116. The summed E-state index contributed by atoms with van der Waals surface area (Å²) in [5, 5.41) is 5.03. The monoisotopic (exact) mass is 293 g/mol. The van der Waals surface area contributed by atoms with Gasteiger partial charge in [0.2, 0.25) is 0 Å². The molecule has 0 fully saturated rings. The van der Waals surface area contributed by atoms with Gasteiger partial charge in [-0.1, -0.05) is 44.3 Å². The van der Waals surface area contributed by atoms with Crippen molar-refractivity contribution in [3.05, 3.63) is 29.3 Å². The van der Waals surface area contributed by atoms with E-state index in [4.69, 9.17) is 5.73 Å². The van der Waals surface area contributed by atoms with Crippen LogP contribution in [0, 0.1) is 0 Å². The Morgan fingerprint density at radius 3 is 2.15 bits per heavy atom. The van der Waals surface area contributed by atoms with E-state index in [0.29, 0.717) is 5.69 Å². The first-order chi connectivity index (χ1) is 9.49. The highest BCUT2D eigenvalue weighted by Crippen LogP contribution is 2.22. The maximum Gasteiger partial charge on any atom is 0.313 e. The van der Waals surface area contributed by atoms with Gasteiger partial charge in [-0.2, -0.15) is 0 Å². The van der Waals surface area contributed by atoms with Crippen molar-refractivity contribution >= 4 is 34.7 Å². The molecule has 0 aliphatic heterocycles. The molecule has 0 saturated carbocycles. The maximum absolute atomic E-state index is 11.9. The van der Waals surface area contributed by atoms with E-state index in [0.717, 1.165) is 24.0 Å². The van der Waals surface area contributed by atoms with Crippen molar-refractivity contribution in [2.24, 2.45) is 5.73 Å². The van der Waals surface area contributed by atoms with Crippen molar-refractivity contribution in [3.8, 4) is 0 Å². The number of benzene rings is 1. The molecule has 5 nitrogen and oxygen atoms in total. The molecule has 0 spiro atoms. The third-order valence-electron chi connectivity index (χ3n) is 2.87. The van der Waals surface area contributed by atoms with Crippen LogP contribution in [0.5, 0.6) is 0 Å². The lowest BCUT2D eigenvalue weighted by Crippen LogP contribution is -2.39. The summed E-state index contributed by atoms with van der Waals surface area (Å²) in [5.74, 6) is -1.46. The lowest BCUT2D eigenvalue weighted by atomic mass is 10.0. The summed E-state index contributed by atoms with van der Waals surface area (Å²) in [4.78, 5) is 23.6. The number of carbonyl (C=O) groups is 2. The van der Waals surface area contributed by atoms with Gasteiger partial charge in [0, 0.05) is 5.69 Å². The van der Waals surface area contributed by atoms with Crippen LogP contribution < -0.4 is 16.4 Å². The second-order valence-electron chi connectivity index (χ2n) is 4.26. The van der Waals surface area contributed by atoms with E-state index in [1.165, 1.54) is 0 Å². The van der Waals surface area contributed by atoms with Crippen LogP contribution in [-0.2, 0) is 22.4 Å². The molecule has 0 aromatic heterocycles. The van der Waals surface area contributed by atoms with Gasteiger partial charge < -0.3 is 16.4 Å². The fourth-order valence-electron chi connectivity index (χ4n) is 1.82. The third-order valence-corrected chi connectivity index (χ3v) is 3.01. The molecule has 0 radical (unpaired) electrons. The van der Waals surface area contributed by atoms with Crippen molar-refractivity contribution in [1.82, 2.24) is 5.32 Å². The van der Waals surface area contributed by atoms with Gasteiger partial charge in [-0.05, 0) is 24.0 Å². The summed E-state index contributed by atoms with van der Waals surface area (Å²) in [5.41, 5.74) is 7.99. The van der Waals surface area contributed by atoms with Crippen LogP contribution in [0.4, 0.5) is 5.69 Å². The number of aryl methyl sites for hydroxylation is 2. The van der Waals surface area contributed by atoms with E-state index in [2.05, 4.69) is 22.9 Å². The molecule has 0 aliphatic carbocycles. The molecule has 0 aliphatic rings. The molecule has 2 amide bonds. The van der Waals surface area contributed by atoms with E-state index in [1.807, 2.05) is 32.0 Å². The Hall–Kier alpha value is -1.95. The quantitative estimate of drug-likeness (QED) is 0.562. The highest BCUT2D eigenvalue weighted by Gasteiger charge is 2.16. The Bertz CT molecular complexity index is 507. The van der Waals surface area contributed by atoms with Gasteiger partial charge in [0.25, 0.3) is 0 Å². The highest BCUT2D eigenvalue weighted by atomic mass is 32.1. The zero-order valence-corrected chi connectivity index (χ0v) is 12.5. The molecule has 1 aromatic rings. The van der Waals surface area contributed by atoms with Crippen LogP contribution in [-0.4, -0.2) is 23.3 Å². The molecule has 0 heterocycles. The second-order valence-corrected chi connectivity index (χ2v) is 4.79. The number of amides is 2. The molecule has 0 unspecified atom stereocenters. The standard InChI is InChI=1S/C14H19N3O2S/c1-3-9-6-5-7-10(4-2)12(9)17-14(19)13(18)16-8-11(15)20/h5-7H,3-4,8H2,1-2H3,(H2,15,20)(H,16,18)(H,17,19). The van der Waals surface area contributed by atoms with Crippen LogP contribution in [0.15, 0.2) is 18.2 Å². The Morgan fingerprint density at radius 1 is 1.15 bits per heavy atom. The summed E-state index contributed by atoms with van der Waals surface area (Å²) in [6.45, 7) is 4.01. The molecule has 1 aromatic carbocycles. The number of carbonyl (C=O) groups excluding carboxylic acids is 2. The minimum atomic E-state index is -0.745. The molecule has 0 bridgehead atoms. The maximum atomic E-state index is 11.9. The summed E-state index contributed by atoms with van der Waals surface area (Å²) >= 11 is 4.64. The van der Waals surface area contributed by atoms with E-state index in [9.17, 15) is 9.59 Å². The number of rotatable bonds is 5. The van der Waals surface area contributed by atoms with E-state index >= 15 is 0 Å². The van der Waals surface area contributed by atoms with Gasteiger partial charge in [0.1, 0.15) is 0 Å². The second kappa shape index (κ2) is 7.59. The summed E-state index contributed by atoms with van der Waals surface area (Å²) in [7, 11) is 0. The average Bonchev–Trinajstić information content (AvgIpc) is 2.44. The molecule has 6 heteroatoms. The predicted octanol–water partition coefficient (Wildman–Crippen LogP) is 1.15. The van der Waals surface area contributed by atoms with Crippen LogP contribution in [0.2, 0.25) is 0 Å². The Balaban J connectivity index is 2.84. The first kappa shape index (κ1) is 16.1. The van der Waals surface area contributed by atoms with Crippen LogP contribution >= 0.6 is 12.2 Å². The van der Waals surface area contributed by atoms with Gasteiger partial charge in [0.05, 0.1) is 11.5 Å². The molecule has 108 valence electrons. The van der Waals surface area contributed by atoms with Gasteiger partial charge in [0.15, 0.2) is 0 Å². The Morgan fingerprint density at radius 2 is 1.70 bits per heavy atom. The predicted molar refractivity (Wildman–Crippen MR) is 83.6 cm³/mol. The number of nitrogens with one attached hydrogen (secondary N) is 2. The lowest BCUT2D eigenvalue weighted by Gasteiger charge is -2.14. The van der Waals surface area contributed by atoms with Crippen molar-refractivity contribution in [1.29, 1.82) is 0 Å². The highest BCUT2D eigenvalue weighted by molar-refractivity contribution is 7.80. The first-order valence-corrected chi connectivity index (χ1v) is 6.88. The number of nitrogens with two attached hydrogens (primary N) is 1. The van der Waals surface area contributed by atoms with Crippen LogP contribution in [0.25, 0.3) is 0 Å². The third kappa shape index (κ3) is 4.31. The number of thiocarbonyl (C=S) groups is 1. The zero-order chi connectivity index (χ0) is 15.1. The zero-order valence-electron chi connectivity index (χ0n) is 11.7. The molecule has 4 N–H and O–H groups in total. The molecular formula is C14H19N3O2S. The number of anilines is 1. The molecule has 0 saturated heterocycles. The summed E-state index contributed by atoms with van der Waals surface area (Å²) < 4.78 is 0. The Labute approximate surface area is 123 Å². The number of hydrogen-bond donors (Lipinski definition) is 3. The summed E-state index contributed by atoms with van der Waals surface area (Å²) in [6.07, 6.45) is 1.55. The van der Waals surface area contributed by atoms with Crippen molar-refractivity contribution in [3.63, 3.8) is 0 Å². The van der Waals surface area contributed by atoms with E-state index < -0.39 is 11.8 Å². The molecular weight excluding hydrogens is 274 g/mol. The topological polar surface area (TPSA) is 84.2 Å². The van der Waals surface area contributed by atoms with Crippen molar-refractivity contribution in [2.45, 2.75) is 26.7 Å². The van der Waals surface area contributed by atoms with E-state index in [1.54, 1.807) is 0 Å². The SMILES string of the molecule is CCc1cccc(CC)c1NC(=O)C(=O)NCC(N)=S. The van der Waals surface area contributed by atoms with Gasteiger partial charge in [-0.15, -0.1) is 0 Å². The van der Waals surface area contributed by atoms with Crippen LogP contribution in [0.3, 0.4) is 0 Å². The number of hydrogen-bond acceptors (Lipinski definition) is 3.